The summed E-state index contributed by atoms with van der Waals surface area (Å²) in [5.74, 6) is -3.56. The van der Waals surface area contributed by atoms with E-state index < -0.39 is 41.7 Å². The molecule has 0 unspecified atom stereocenters. The van der Waals surface area contributed by atoms with Crippen molar-refractivity contribution >= 4 is 11.6 Å². The molecule has 2 heterocycles. The highest BCUT2D eigenvalue weighted by Gasteiger charge is 2.82. The van der Waals surface area contributed by atoms with E-state index >= 15 is 8.78 Å². The second kappa shape index (κ2) is 7.82. The van der Waals surface area contributed by atoms with Crippen LogP contribution in [0.3, 0.4) is 0 Å². The van der Waals surface area contributed by atoms with Crippen LogP contribution in [0, 0.1) is 5.41 Å². The highest BCUT2D eigenvalue weighted by atomic mass is 35.5. The van der Waals surface area contributed by atoms with Crippen molar-refractivity contribution in [2.24, 2.45) is 5.41 Å². The molecule has 0 aliphatic heterocycles. The first-order valence-electron chi connectivity index (χ1n) is 10.6. The minimum absolute atomic E-state index is 0.0438. The molecule has 1 atom stereocenters. The van der Waals surface area contributed by atoms with Gasteiger partial charge in [0.25, 0.3) is 5.92 Å². The second-order valence-corrected chi connectivity index (χ2v) is 9.76. The zero-order valence-corrected chi connectivity index (χ0v) is 18.8. The molecular formula is C22H19ClF5N5O2. The van der Waals surface area contributed by atoms with Gasteiger partial charge in [-0.05, 0) is 64.9 Å². The van der Waals surface area contributed by atoms with Crippen LogP contribution in [0.15, 0.2) is 48.9 Å². The van der Waals surface area contributed by atoms with Gasteiger partial charge in [-0.1, -0.05) is 23.7 Å². The molecule has 0 spiro atoms. The molecule has 6 rings (SSSR count). The Hall–Kier alpha value is -2.86. The Morgan fingerprint density at radius 1 is 1.03 bits per heavy atom. The van der Waals surface area contributed by atoms with Crippen LogP contribution in [0.5, 0.6) is 5.75 Å². The van der Waals surface area contributed by atoms with E-state index in [4.69, 9.17) is 16.3 Å². The van der Waals surface area contributed by atoms with Crippen molar-refractivity contribution in [1.29, 1.82) is 0 Å². The summed E-state index contributed by atoms with van der Waals surface area (Å²) in [5, 5.41) is 22.2. The predicted octanol–water partition coefficient (Wildman–Crippen LogP) is 4.31. The molecule has 3 aliphatic carbocycles. The summed E-state index contributed by atoms with van der Waals surface area (Å²) in [6, 6.07) is 8.62. The topological polar surface area (TPSA) is 86.0 Å². The van der Waals surface area contributed by atoms with Gasteiger partial charge in [0.1, 0.15) is 12.1 Å². The van der Waals surface area contributed by atoms with Crippen LogP contribution in [-0.2, 0) is 17.6 Å². The molecule has 3 aliphatic rings. The fourth-order valence-corrected chi connectivity index (χ4v) is 5.50. The Morgan fingerprint density at radius 3 is 2.26 bits per heavy atom. The Bertz CT molecular complexity index is 1180. The van der Waals surface area contributed by atoms with Crippen molar-refractivity contribution in [3.05, 3.63) is 65.2 Å². The third-order valence-corrected chi connectivity index (χ3v) is 7.24. The van der Waals surface area contributed by atoms with Crippen LogP contribution in [0.25, 0.3) is 0 Å². The van der Waals surface area contributed by atoms with Crippen LogP contribution < -0.4 is 4.74 Å². The fraction of sp³-hybridized carbons (Fsp3) is 0.455. The minimum Gasteiger partial charge on any atom is -0.484 e. The van der Waals surface area contributed by atoms with E-state index in [1.165, 1.54) is 30.5 Å². The third kappa shape index (κ3) is 3.83. The number of pyridine rings is 1. The van der Waals surface area contributed by atoms with Crippen LogP contribution >= 0.6 is 11.6 Å². The summed E-state index contributed by atoms with van der Waals surface area (Å²) in [6.07, 6.45) is -1.85. The van der Waals surface area contributed by atoms with Gasteiger partial charge in [0.05, 0.1) is 17.3 Å². The Balaban J connectivity index is 1.37. The molecule has 0 amide bonds. The van der Waals surface area contributed by atoms with Crippen LogP contribution in [0.1, 0.15) is 30.5 Å². The maximum Gasteiger partial charge on any atom is 0.422 e. The largest absolute Gasteiger partial charge is 0.484 e. The first-order valence-corrected chi connectivity index (χ1v) is 11.0. The lowest BCUT2D eigenvalue weighted by molar-refractivity contribution is -0.348. The minimum atomic E-state index is -4.46. The van der Waals surface area contributed by atoms with Crippen molar-refractivity contribution in [3.8, 4) is 5.75 Å². The van der Waals surface area contributed by atoms with Crippen molar-refractivity contribution in [2.45, 2.75) is 48.9 Å². The quantitative estimate of drug-likeness (QED) is 0.450. The molecule has 1 N–H and O–H groups in total. The normalized spacial score (nSPS) is 25.3. The number of hydrogen-bond acceptors (Lipinski definition) is 6. The third-order valence-electron chi connectivity index (χ3n) is 7.02. The van der Waals surface area contributed by atoms with Gasteiger partial charge >= 0.3 is 6.18 Å². The summed E-state index contributed by atoms with van der Waals surface area (Å²) < 4.78 is 75.1. The molecule has 0 radical (unpaired) electrons. The highest BCUT2D eigenvalue weighted by Crippen LogP contribution is 2.80. The summed E-state index contributed by atoms with van der Waals surface area (Å²) in [5.41, 5.74) is -4.25. The van der Waals surface area contributed by atoms with Crippen molar-refractivity contribution in [3.63, 3.8) is 0 Å². The fourth-order valence-electron chi connectivity index (χ4n) is 5.38. The number of alkyl halides is 5. The van der Waals surface area contributed by atoms with Gasteiger partial charge in [0.15, 0.2) is 12.2 Å². The number of tetrazole rings is 1. The number of aromatic nitrogens is 5. The smallest absolute Gasteiger partial charge is 0.422 e. The first-order chi connectivity index (χ1) is 16.4. The van der Waals surface area contributed by atoms with E-state index in [1.807, 2.05) is 0 Å². The van der Waals surface area contributed by atoms with Gasteiger partial charge < -0.3 is 9.84 Å². The number of ether oxygens (including phenoxy) is 1. The predicted molar refractivity (Wildman–Crippen MR) is 112 cm³/mol. The van der Waals surface area contributed by atoms with Gasteiger partial charge in [-0.2, -0.15) is 13.2 Å². The Labute approximate surface area is 200 Å². The maximum atomic E-state index is 16.1. The van der Waals surface area contributed by atoms with E-state index in [9.17, 15) is 18.3 Å². The standard InChI is InChI=1S/C22H19ClF5N5O2/c23-15-3-6-17(29-7-15)20(34,11-33-13-30-31-32-33)22(27,28)19-8-18(9-19,10-19)14-1-4-16(5-2-14)35-12-21(24,25)26/h1-7,13,34H,8-12H2/t18?,19?,20-/m0/s1. The van der Waals surface area contributed by atoms with Gasteiger partial charge in [0, 0.05) is 11.6 Å². The zero-order chi connectivity index (χ0) is 25.1. The average Bonchev–Trinajstić information content (AvgIpc) is 3.23. The summed E-state index contributed by atoms with van der Waals surface area (Å²) in [7, 11) is 0. The zero-order valence-electron chi connectivity index (χ0n) is 18.0. The van der Waals surface area contributed by atoms with Crippen molar-refractivity contribution in [2.75, 3.05) is 6.61 Å². The number of benzene rings is 1. The highest BCUT2D eigenvalue weighted by molar-refractivity contribution is 6.30. The summed E-state index contributed by atoms with van der Waals surface area (Å²) >= 11 is 5.86. The SMILES string of the molecule is O[C@@](Cn1cnnn1)(c1ccc(Cl)cn1)C(F)(F)C12CC(c3ccc(OCC(F)(F)F)cc3)(C1)C2. The van der Waals surface area contributed by atoms with Gasteiger partial charge in [-0.15, -0.1) is 5.10 Å². The average molecular weight is 516 g/mol. The molecule has 35 heavy (non-hydrogen) atoms. The molecule has 2 aromatic heterocycles. The van der Waals surface area contributed by atoms with Crippen LogP contribution in [0.2, 0.25) is 5.02 Å². The van der Waals surface area contributed by atoms with E-state index in [-0.39, 0.29) is 35.7 Å². The van der Waals surface area contributed by atoms with E-state index in [0.29, 0.717) is 0 Å². The molecule has 2 bridgehead atoms. The monoisotopic (exact) mass is 515 g/mol. The molecule has 3 fully saturated rings. The van der Waals surface area contributed by atoms with Crippen molar-refractivity contribution in [1.82, 2.24) is 25.2 Å². The van der Waals surface area contributed by atoms with E-state index in [0.717, 1.165) is 16.6 Å². The van der Waals surface area contributed by atoms with Gasteiger partial charge in [0.2, 0.25) is 0 Å². The Morgan fingerprint density at radius 2 is 1.71 bits per heavy atom. The van der Waals surface area contributed by atoms with Crippen LogP contribution in [-0.4, -0.2) is 49.0 Å². The molecular weight excluding hydrogens is 497 g/mol. The van der Waals surface area contributed by atoms with Gasteiger partial charge in [-0.25, -0.2) is 13.5 Å². The van der Waals surface area contributed by atoms with Crippen LogP contribution in [0.4, 0.5) is 22.0 Å². The lowest BCUT2D eigenvalue weighted by Gasteiger charge is -2.74. The van der Waals surface area contributed by atoms with E-state index in [1.54, 1.807) is 12.1 Å². The molecule has 1 aromatic carbocycles. The number of nitrogens with zero attached hydrogens (tertiary/aromatic N) is 5. The molecule has 13 heteroatoms. The molecule has 3 aromatic rings. The molecule has 7 nitrogen and oxygen atoms in total. The second-order valence-electron chi connectivity index (χ2n) is 9.32. The number of halogens is 6. The first kappa shape index (κ1) is 23.9. The van der Waals surface area contributed by atoms with Gasteiger partial charge in [-0.3, -0.25) is 4.98 Å². The summed E-state index contributed by atoms with van der Waals surface area (Å²) in [6.45, 7) is -2.03. The maximum absolute atomic E-state index is 16.1. The lowest BCUT2D eigenvalue weighted by Crippen LogP contribution is -2.76. The lowest BCUT2D eigenvalue weighted by atomic mass is 9.30. The number of aliphatic hydroxyl groups is 1. The number of hydrogen-bond donors (Lipinski definition) is 1. The van der Waals surface area contributed by atoms with E-state index in [2.05, 4.69) is 20.5 Å². The number of rotatable bonds is 8. The Kier molecular flexibility index (Phi) is 5.33. The molecule has 3 saturated carbocycles. The molecule has 0 saturated heterocycles. The molecule has 186 valence electrons. The summed E-state index contributed by atoms with van der Waals surface area (Å²) in [4.78, 5) is 3.97. The van der Waals surface area contributed by atoms with Crippen molar-refractivity contribution < 1.29 is 31.8 Å².